The molecule has 0 aliphatic carbocycles. The van der Waals surface area contributed by atoms with Gasteiger partial charge in [-0.3, -0.25) is 0 Å². The van der Waals surface area contributed by atoms with Crippen LogP contribution in [0.5, 0.6) is 0 Å². The molecule has 7 nitrogen and oxygen atoms in total. The standard InChI is InChI=1S/C16H31BO7P2S2/c1-11(10-28(2,20)21)5-12(18)6-15-7-13(19)8-16(23-15)9-14(24-25)3-4-22-17-26-27/h12-16,18-19,26H,1,3-10,25H2,2H3/t12-,13+,14-,15-,16-/m0/s1. The van der Waals surface area contributed by atoms with Gasteiger partial charge in [-0.15, -0.1) is 0 Å². The molecule has 1 saturated heterocycles. The third-order valence-electron chi connectivity index (χ3n) is 4.39. The fraction of sp³-hybridized carbons (Fsp3) is 0.875. The molecule has 0 radical (unpaired) electrons. The van der Waals surface area contributed by atoms with E-state index < -0.39 is 22.0 Å². The molecule has 162 valence electrons. The number of aliphatic hydroxyl groups is 2. The zero-order chi connectivity index (χ0) is 21.2. The van der Waals surface area contributed by atoms with Gasteiger partial charge < -0.3 is 0 Å². The summed E-state index contributed by atoms with van der Waals surface area (Å²) in [4.78, 5) is 0. The van der Waals surface area contributed by atoms with Crippen molar-refractivity contribution in [1.29, 1.82) is 0 Å². The van der Waals surface area contributed by atoms with Gasteiger partial charge in [-0.25, -0.2) is 8.42 Å². The largest absolute Gasteiger partial charge is 0.229 e. The maximum Gasteiger partial charge on any atom is 0.151 e. The van der Waals surface area contributed by atoms with Crippen molar-refractivity contribution in [2.45, 2.75) is 69.0 Å². The summed E-state index contributed by atoms with van der Waals surface area (Å²) < 4.78 is 39.4. The summed E-state index contributed by atoms with van der Waals surface area (Å²) in [6.07, 6.45) is 2.04. The van der Waals surface area contributed by atoms with Crippen LogP contribution in [0.15, 0.2) is 12.2 Å². The predicted molar refractivity (Wildman–Crippen MR) is 119 cm³/mol. The zero-order valence-electron chi connectivity index (χ0n) is 16.2. The van der Waals surface area contributed by atoms with Crippen molar-refractivity contribution in [3.05, 3.63) is 12.2 Å². The second kappa shape index (κ2) is 13.7. The first-order valence-corrected chi connectivity index (χ1v) is 13.9. The Labute approximate surface area is 177 Å². The van der Waals surface area contributed by atoms with E-state index >= 15 is 0 Å². The van der Waals surface area contributed by atoms with Crippen LogP contribution in [0.4, 0.5) is 0 Å². The van der Waals surface area contributed by atoms with Gasteiger partial charge in [0.15, 0.2) is 9.84 Å². The van der Waals surface area contributed by atoms with E-state index in [1.807, 2.05) is 0 Å². The molecule has 7 atom stereocenters. The second-order valence-electron chi connectivity index (χ2n) is 7.31. The van der Waals surface area contributed by atoms with Gasteiger partial charge in [0.1, 0.15) is 0 Å². The summed E-state index contributed by atoms with van der Waals surface area (Å²) in [7, 11) is -0.907. The fourth-order valence-corrected chi connectivity index (χ4v) is 4.86. The first-order valence-electron chi connectivity index (χ1n) is 9.15. The Morgan fingerprint density at radius 2 is 2.07 bits per heavy atom. The smallest absolute Gasteiger partial charge is 0.151 e. The summed E-state index contributed by atoms with van der Waals surface area (Å²) in [6, 6.07) is 0. The molecule has 12 heteroatoms. The SMILES string of the molecule is C=C(C[C@H](O)C[C@H]1C[C@@H](O)C[C@@H](C[C@H](CCOB=[PH]=S)OP)O1)CS(C)(=O)=O. The quantitative estimate of drug-likeness (QED) is 0.179. The van der Waals surface area contributed by atoms with Crippen LogP contribution >= 0.6 is 16.3 Å². The third kappa shape index (κ3) is 12.3. The van der Waals surface area contributed by atoms with Crippen LogP contribution in [0, 0.1) is 0 Å². The van der Waals surface area contributed by atoms with E-state index in [0.29, 0.717) is 44.3 Å². The van der Waals surface area contributed by atoms with Crippen molar-refractivity contribution < 1.29 is 32.5 Å². The number of sulfone groups is 1. The van der Waals surface area contributed by atoms with Crippen LogP contribution in [0.3, 0.4) is 0 Å². The van der Waals surface area contributed by atoms with Gasteiger partial charge >= 0.3 is 140 Å². The van der Waals surface area contributed by atoms with Crippen LogP contribution in [-0.4, -0.2) is 74.6 Å². The minimum Gasteiger partial charge on any atom is -0.229 e. The van der Waals surface area contributed by atoms with Gasteiger partial charge in [0.05, 0.1) is 5.75 Å². The average molecular weight is 472 g/mol. The minimum absolute atomic E-state index is 0.0951. The maximum atomic E-state index is 11.3. The van der Waals surface area contributed by atoms with Crippen molar-refractivity contribution in [3.8, 4) is 0 Å². The molecule has 0 saturated carbocycles. The van der Waals surface area contributed by atoms with E-state index in [-0.39, 0.29) is 37.3 Å². The van der Waals surface area contributed by atoms with E-state index in [4.69, 9.17) is 25.7 Å². The molecule has 1 heterocycles. The van der Waals surface area contributed by atoms with E-state index in [9.17, 15) is 18.6 Å². The van der Waals surface area contributed by atoms with Crippen molar-refractivity contribution in [2.24, 2.45) is 0 Å². The molecule has 1 aliphatic heterocycles. The number of hydrogen-bond donors (Lipinski definition) is 2. The summed E-state index contributed by atoms with van der Waals surface area (Å²) in [5, 5.41) is 20.4. The number of aliphatic hydroxyl groups excluding tert-OH is 2. The molecule has 0 amide bonds. The number of rotatable bonds is 13. The maximum absolute atomic E-state index is 11.3. The molecule has 1 rings (SSSR count). The first kappa shape index (κ1) is 26.5. The topological polar surface area (TPSA) is 102 Å². The van der Waals surface area contributed by atoms with Crippen molar-refractivity contribution in [3.63, 3.8) is 0 Å². The molecule has 0 bridgehead atoms. The van der Waals surface area contributed by atoms with E-state index in [1.54, 1.807) is 6.82 Å². The van der Waals surface area contributed by atoms with Crippen molar-refractivity contribution >= 4 is 44.8 Å². The van der Waals surface area contributed by atoms with E-state index in [1.165, 1.54) is 0 Å². The van der Waals surface area contributed by atoms with Crippen molar-refractivity contribution in [1.82, 2.24) is 0 Å². The molecule has 2 N–H and O–H groups in total. The normalized spacial score (nSPS) is 25.2. The van der Waals surface area contributed by atoms with Gasteiger partial charge in [0.2, 0.25) is 0 Å². The van der Waals surface area contributed by atoms with E-state index in [0.717, 1.165) is 6.26 Å². The van der Waals surface area contributed by atoms with Crippen LogP contribution in [0.2, 0.25) is 0 Å². The molecule has 28 heavy (non-hydrogen) atoms. The molecule has 0 aromatic carbocycles. The molecular formula is C16H31BO7P2S2. The Kier molecular flexibility index (Phi) is 13.0. The van der Waals surface area contributed by atoms with Gasteiger partial charge in [-0.2, -0.15) is 0 Å². The van der Waals surface area contributed by atoms with Crippen molar-refractivity contribution in [2.75, 3.05) is 18.6 Å². The Balaban J connectivity index is 2.49. The Hall–Kier alpha value is 0.505. The van der Waals surface area contributed by atoms with E-state index in [2.05, 4.69) is 16.0 Å². The second-order valence-corrected chi connectivity index (χ2v) is 10.9. The Bertz CT molecular complexity index is 643. The fourth-order valence-electron chi connectivity index (χ4n) is 3.37. The number of hydrogen-bond acceptors (Lipinski definition) is 8. The molecule has 0 aromatic heterocycles. The van der Waals surface area contributed by atoms with Crippen LogP contribution in [0.25, 0.3) is 0 Å². The molecule has 0 aromatic rings. The van der Waals surface area contributed by atoms with Gasteiger partial charge in [-0.1, -0.05) is 6.58 Å². The zero-order valence-corrected chi connectivity index (χ0v) is 19.9. The minimum atomic E-state index is -3.16. The van der Waals surface area contributed by atoms with Crippen LogP contribution in [-0.2, 0) is 35.6 Å². The summed E-state index contributed by atoms with van der Waals surface area (Å²) in [5.74, 6) is -0.139. The van der Waals surface area contributed by atoms with Gasteiger partial charge in [0, 0.05) is 6.26 Å². The molecular weight excluding hydrogens is 441 g/mol. The summed E-state index contributed by atoms with van der Waals surface area (Å²) in [5.41, 5.74) is 0.468. The van der Waals surface area contributed by atoms with Gasteiger partial charge in [0.25, 0.3) is 0 Å². The number of ether oxygens (including phenoxy) is 1. The summed E-state index contributed by atoms with van der Waals surface area (Å²) >= 11 is 4.81. The third-order valence-corrected chi connectivity index (χ3v) is 6.26. The van der Waals surface area contributed by atoms with Crippen LogP contribution < -0.4 is 0 Å². The van der Waals surface area contributed by atoms with Crippen LogP contribution in [0.1, 0.15) is 38.5 Å². The van der Waals surface area contributed by atoms with Gasteiger partial charge in [-0.05, 0) is 0 Å². The molecule has 1 fully saturated rings. The Morgan fingerprint density at radius 3 is 2.64 bits per heavy atom. The predicted octanol–water partition coefficient (Wildman–Crippen LogP) is 1.28. The Morgan fingerprint density at radius 1 is 1.43 bits per heavy atom. The first-order chi connectivity index (χ1) is 13.1. The molecule has 2 unspecified atom stereocenters. The molecule has 0 spiro atoms. The average Bonchev–Trinajstić information content (AvgIpc) is 2.55. The molecule has 1 aliphatic rings. The monoisotopic (exact) mass is 472 g/mol. The summed E-state index contributed by atoms with van der Waals surface area (Å²) in [6.45, 7) is 6.05.